The zero-order valence-corrected chi connectivity index (χ0v) is 8.14. The van der Waals surface area contributed by atoms with Crippen molar-refractivity contribution in [2.45, 2.75) is 46.5 Å². The summed E-state index contributed by atoms with van der Waals surface area (Å²) < 4.78 is 0. The lowest BCUT2D eigenvalue weighted by atomic mass is 9.81. The lowest BCUT2D eigenvalue weighted by molar-refractivity contribution is 0.144. The highest BCUT2D eigenvalue weighted by molar-refractivity contribution is 4.70. The van der Waals surface area contributed by atoms with Crippen molar-refractivity contribution in [3.8, 4) is 0 Å². The minimum Gasteiger partial charge on any atom is -0.396 e. The lowest BCUT2D eigenvalue weighted by Crippen LogP contribution is -2.19. The molecule has 1 nitrogen and oxygen atoms in total. The molecule has 0 saturated heterocycles. The fraction of sp³-hybridized carbons (Fsp3) is 1.00. The van der Waals surface area contributed by atoms with E-state index in [-0.39, 0.29) is 0 Å². The van der Waals surface area contributed by atoms with Gasteiger partial charge in [0.05, 0.1) is 0 Å². The van der Waals surface area contributed by atoms with Gasteiger partial charge < -0.3 is 5.11 Å². The summed E-state index contributed by atoms with van der Waals surface area (Å²) in [7, 11) is 0. The van der Waals surface area contributed by atoms with Crippen molar-refractivity contribution in [3.05, 3.63) is 0 Å². The second-order valence-electron chi connectivity index (χ2n) is 3.20. The zero-order valence-electron chi connectivity index (χ0n) is 8.14. The van der Waals surface area contributed by atoms with E-state index < -0.39 is 0 Å². The fourth-order valence-electron chi connectivity index (χ4n) is 1.66. The van der Waals surface area contributed by atoms with Crippen molar-refractivity contribution in [1.29, 1.82) is 0 Å². The number of rotatable bonds is 1. The predicted molar refractivity (Wildman–Crippen MR) is 49.6 cm³/mol. The summed E-state index contributed by atoms with van der Waals surface area (Å²) >= 11 is 0. The molecule has 0 aromatic heterocycles. The number of aliphatic hydroxyl groups is 1. The molecule has 0 bridgehead atoms. The topological polar surface area (TPSA) is 20.2 Å². The second-order valence-corrected chi connectivity index (χ2v) is 3.20. The Morgan fingerprint density at radius 1 is 1.18 bits per heavy atom. The maximum Gasteiger partial charge on any atom is 0.0461 e. The summed E-state index contributed by atoms with van der Waals surface area (Å²) in [5, 5.41) is 8.86. The van der Waals surface area contributed by atoms with Crippen LogP contribution in [0.4, 0.5) is 0 Å². The Labute approximate surface area is 70.8 Å². The average Bonchev–Trinajstić information content (AvgIpc) is 2.09. The first-order valence-corrected chi connectivity index (χ1v) is 4.95. The van der Waals surface area contributed by atoms with Crippen molar-refractivity contribution in [2.24, 2.45) is 11.8 Å². The molecule has 1 aliphatic carbocycles. The first kappa shape index (κ1) is 11.0. The Morgan fingerprint density at radius 2 is 1.73 bits per heavy atom. The van der Waals surface area contributed by atoms with Crippen LogP contribution in [0.15, 0.2) is 0 Å². The molecule has 0 radical (unpaired) electrons. The van der Waals surface area contributed by atoms with Gasteiger partial charge in [0.15, 0.2) is 0 Å². The largest absolute Gasteiger partial charge is 0.396 e. The van der Waals surface area contributed by atoms with Gasteiger partial charge in [-0.25, -0.2) is 0 Å². The van der Waals surface area contributed by atoms with E-state index in [1.165, 1.54) is 25.7 Å². The summed E-state index contributed by atoms with van der Waals surface area (Å²) in [4.78, 5) is 0. The number of aliphatic hydroxyl groups excluding tert-OH is 1. The monoisotopic (exact) mass is 158 g/mol. The highest BCUT2D eigenvalue weighted by Crippen LogP contribution is 2.28. The van der Waals surface area contributed by atoms with E-state index in [0.29, 0.717) is 12.5 Å². The van der Waals surface area contributed by atoms with E-state index in [4.69, 9.17) is 5.11 Å². The highest BCUT2D eigenvalue weighted by Gasteiger charge is 2.19. The molecule has 1 rings (SSSR count). The van der Waals surface area contributed by atoms with E-state index in [0.717, 1.165) is 5.92 Å². The van der Waals surface area contributed by atoms with Crippen LogP contribution in [0.1, 0.15) is 46.5 Å². The van der Waals surface area contributed by atoms with Gasteiger partial charge in [0.2, 0.25) is 0 Å². The molecule has 0 amide bonds. The Bertz CT molecular complexity index is 80.9. The molecule has 0 aromatic carbocycles. The van der Waals surface area contributed by atoms with Crippen LogP contribution < -0.4 is 0 Å². The Balaban J connectivity index is 0.000000461. The third-order valence-electron chi connectivity index (χ3n) is 2.52. The minimum absolute atomic E-state index is 0.404. The van der Waals surface area contributed by atoms with Gasteiger partial charge >= 0.3 is 0 Å². The number of hydrogen-bond donors (Lipinski definition) is 1. The van der Waals surface area contributed by atoms with Crippen LogP contribution in [0.3, 0.4) is 0 Å². The first-order chi connectivity index (χ1) is 5.34. The molecule has 0 aromatic rings. The Hall–Kier alpha value is -0.0400. The molecule has 1 heteroatoms. The van der Waals surface area contributed by atoms with Gasteiger partial charge in [-0.15, -0.1) is 0 Å². The lowest BCUT2D eigenvalue weighted by Gasteiger charge is -2.26. The highest BCUT2D eigenvalue weighted by atomic mass is 16.3. The standard InChI is InChI=1S/C8H16O.C2H6/c1-7-4-2-3-5-8(7)6-9;1-2/h7-9H,2-6H2,1H3;1-2H3. The van der Waals surface area contributed by atoms with Gasteiger partial charge in [-0.1, -0.05) is 40.0 Å². The summed E-state index contributed by atoms with van der Waals surface area (Å²) in [5.74, 6) is 1.38. The predicted octanol–water partition coefficient (Wildman–Crippen LogP) is 2.83. The maximum absolute atomic E-state index is 8.86. The molecular formula is C10H22O. The van der Waals surface area contributed by atoms with Gasteiger partial charge in [-0.3, -0.25) is 0 Å². The Morgan fingerprint density at radius 3 is 2.09 bits per heavy atom. The molecule has 0 aliphatic heterocycles. The van der Waals surface area contributed by atoms with E-state index in [1.54, 1.807) is 0 Å². The maximum atomic E-state index is 8.86. The van der Waals surface area contributed by atoms with Crippen molar-refractivity contribution in [1.82, 2.24) is 0 Å². The van der Waals surface area contributed by atoms with Crippen molar-refractivity contribution in [3.63, 3.8) is 0 Å². The molecule has 1 N–H and O–H groups in total. The van der Waals surface area contributed by atoms with Crippen LogP contribution in [-0.2, 0) is 0 Å². The number of hydrogen-bond acceptors (Lipinski definition) is 1. The summed E-state index contributed by atoms with van der Waals surface area (Å²) in [6.45, 7) is 6.65. The smallest absolute Gasteiger partial charge is 0.0461 e. The summed E-state index contributed by atoms with van der Waals surface area (Å²) in [6.07, 6.45) is 5.27. The van der Waals surface area contributed by atoms with Gasteiger partial charge in [0, 0.05) is 6.61 Å². The van der Waals surface area contributed by atoms with Crippen molar-refractivity contribution in [2.75, 3.05) is 6.61 Å². The van der Waals surface area contributed by atoms with Crippen LogP contribution in [-0.4, -0.2) is 11.7 Å². The van der Waals surface area contributed by atoms with Gasteiger partial charge in [0.1, 0.15) is 0 Å². The van der Waals surface area contributed by atoms with Gasteiger partial charge in [0.25, 0.3) is 0 Å². The SMILES string of the molecule is CC.CC1CCCCC1CO. The molecule has 2 atom stereocenters. The zero-order chi connectivity index (χ0) is 8.69. The molecule has 0 heterocycles. The normalized spacial score (nSPS) is 30.5. The van der Waals surface area contributed by atoms with Crippen LogP contribution in [0.5, 0.6) is 0 Å². The first-order valence-electron chi connectivity index (χ1n) is 4.95. The minimum atomic E-state index is 0.404. The van der Waals surface area contributed by atoms with Gasteiger partial charge in [-0.2, -0.15) is 0 Å². The van der Waals surface area contributed by atoms with E-state index in [2.05, 4.69) is 6.92 Å². The van der Waals surface area contributed by atoms with Crippen LogP contribution in [0.2, 0.25) is 0 Å². The molecule has 0 spiro atoms. The van der Waals surface area contributed by atoms with Crippen LogP contribution >= 0.6 is 0 Å². The summed E-state index contributed by atoms with van der Waals surface area (Å²) in [5.41, 5.74) is 0. The fourth-order valence-corrected chi connectivity index (χ4v) is 1.66. The van der Waals surface area contributed by atoms with Crippen LogP contribution in [0.25, 0.3) is 0 Å². The molecule has 11 heavy (non-hydrogen) atoms. The third kappa shape index (κ3) is 3.76. The molecule has 1 fully saturated rings. The van der Waals surface area contributed by atoms with E-state index in [9.17, 15) is 0 Å². The van der Waals surface area contributed by atoms with Crippen molar-refractivity contribution >= 4 is 0 Å². The second kappa shape index (κ2) is 6.66. The quantitative estimate of drug-likeness (QED) is 0.622. The van der Waals surface area contributed by atoms with E-state index in [1.807, 2.05) is 13.8 Å². The molecule has 1 saturated carbocycles. The molecular weight excluding hydrogens is 136 g/mol. The molecule has 2 unspecified atom stereocenters. The Kier molecular flexibility index (Phi) is 6.63. The van der Waals surface area contributed by atoms with Crippen molar-refractivity contribution < 1.29 is 5.11 Å². The van der Waals surface area contributed by atoms with Crippen LogP contribution in [0, 0.1) is 11.8 Å². The third-order valence-corrected chi connectivity index (χ3v) is 2.52. The summed E-state index contributed by atoms with van der Waals surface area (Å²) in [6, 6.07) is 0. The molecule has 68 valence electrons. The van der Waals surface area contributed by atoms with E-state index >= 15 is 0 Å². The average molecular weight is 158 g/mol. The van der Waals surface area contributed by atoms with Gasteiger partial charge in [-0.05, 0) is 18.3 Å². The molecule has 1 aliphatic rings.